The normalized spacial score (nSPS) is 16.5. The maximum absolute atomic E-state index is 10.5. The molecule has 0 bridgehead atoms. The zero-order valence-corrected chi connectivity index (χ0v) is 7.87. The Morgan fingerprint density at radius 3 is 2.77 bits per heavy atom. The lowest BCUT2D eigenvalue weighted by molar-refractivity contribution is 0.112. The Labute approximate surface area is 80.1 Å². The van der Waals surface area contributed by atoms with Gasteiger partial charge in [0.25, 0.3) is 0 Å². The van der Waals surface area contributed by atoms with Gasteiger partial charge >= 0.3 is 0 Å². The van der Waals surface area contributed by atoms with E-state index in [4.69, 9.17) is 0 Å². The van der Waals surface area contributed by atoms with Gasteiger partial charge in [-0.25, -0.2) is 0 Å². The van der Waals surface area contributed by atoms with E-state index >= 15 is 0 Å². The molecule has 1 aromatic carbocycles. The molecule has 0 aromatic heterocycles. The van der Waals surface area contributed by atoms with Crippen molar-refractivity contribution in [3.63, 3.8) is 0 Å². The molecule has 0 amide bonds. The summed E-state index contributed by atoms with van der Waals surface area (Å²) in [6.07, 6.45) is 4.94. The summed E-state index contributed by atoms with van der Waals surface area (Å²) in [4.78, 5) is 11.6. The molecular weight excluding hydrogens is 180 g/mol. The molecule has 0 fully saturated rings. The van der Waals surface area contributed by atoms with Gasteiger partial charge in [0, 0.05) is 10.5 Å². The van der Waals surface area contributed by atoms with Crippen LogP contribution in [0.25, 0.3) is 0 Å². The Hall–Kier alpha value is -1.28. The molecule has 1 aliphatic heterocycles. The minimum absolute atomic E-state index is 0.338. The molecule has 0 N–H and O–H groups in total. The van der Waals surface area contributed by atoms with E-state index in [-0.39, 0.29) is 10.9 Å². The predicted octanol–water partition coefficient (Wildman–Crippen LogP) is 2.70. The number of hydrogen-bond donors (Lipinski definition) is 1. The van der Waals surface area contributed by atoms with Crippen LogP contribution in [0, 0.1) is 6.07 Å². The van der Waals surface area contributed by atoms with Gasteiger partial charge in [0.1, 0.15) is 6.29 Å². The van der Waals surface area contributed by atoms with Crippen LogP contribution in [0.15, 0.2) is 46.1 Å². The van der Waals surface area contributed by atoms with Crippen molar-refractivity contribution in [2.75, 3.05) is 0 Å². The Morgan fingerprint density at radius 1 is 1.31 bits per heavy atom. The highest BCUT2D eigenvalue weighted by atomic mass is 32.2. The lowest BCUT2D eigenvalue weighted by Gasteiger charge is -2.09. The fraction of sp³-hybridized carbons (Fsp3) is 0. The van der Waals surface area contributed by atoms with Gasteiger partial charge in [-0.1, -0.05) is 24.3 Å². The Morgan fingerprint density at radius 2 is 2.08 bits per heavy atom. The summed E-state index contributed by atoms with van der Waals surface area (Å²) < 4.78 is 0. The van der Waals surface area contributed by atoms with Crippen molar-refractivity contribution in [1.82, 2.24) is 0 Å². The first-order valence-corrected chi connectivity index (χ1v) is 5.48. The van der Waals surface area contributed by atoms with Gasteiger partial charge in [0.15, 0.2) is 0 Å². The highest BCUT2D eigenvalue weighted by Crippen LogP contribution is 2.41. The third kappa shape index (κ3) is 1.73. The molecule has 0 spiro atoms. The maximum atomic E-state index is 10.5. The molecule has 2 rings (SSSR count). The van der Waals surface area contributed by atoms with Gasteiger partial charge in [-0.2, -0.15) is 10.9 Å². The van der Waals surface area contributed by atoms with Crippen molar-refractivity contribution in [3.05, 3.63) is 52.8 Å². The number of aldehydes is 1. The number of carbonyl (C=O) groups excluding carboxylic acids is 1. The highest BCUT2D eigenvalue weighted by Gasteiger charge is 2.03. The van der Waals surface area contributed by atoms with Crippen molar-refractivity contribution in [1.29, 1.82) is 0 Å². The molecule has 0 saturated carbocycles. The van der Waals surface area contributed by atoms with Crippen LogP contribution in [0.3, 0.4) is 0 Å². The minimum Gasteiger partial charge on any atom is -0.298 e. The van der Waals surface area contributed by atoms with Crippen LogP contribution in [0.2, 0.25) is 0 Å². The molecule has 1 aliphatic rings. The first kappa shape index (κ1) is 8.32. The molecule has 1 radical (unpaired) electrons. The summed E-state index contributed by atoms with van der Waals surface area (Å²) in [5.41, 5.74) is 0.727. The molecular formula is C11H9OS. The largest absolute Gasteiger partial charge is 0.298 e. The third-order valence-corrected chi connectivity index (χ3v) is 3.63. The summed E-state index contributed by atoms with van der Waals surface area (Å²) in [6, 6.07) is 8.63. The lowest BCUT2D eigenvalue weighted by atomic mass is 10.2. The van der Waals surface area contributed by atoms with Gasteiger partial charge in [-0.15, -0.1) is 0 Å². The summed E-state index contributed by atoms with van der Waals surface area (Å²) in [7, 11) is -0.338. The van der Waals surface area contributed by atoms with Crippen LogP contribution in [0.5, 0.6) is 0 Å². The molecule has 0 unspecified atom stereocenters. The first-order chi connectivity index (χ1) is 6.40. The molecule has 2 heteroatoms. The Balaban J connectivity index is 2.34. The average molecular weight is 189 g/mol. The zero-order chi connectivity index (χ0) is 9.10. The highest BCUT2D eigenvalue weighted by molar-refractivity contribution is 8.22. The number of carbonyl (C=O) groups is 1. The predicted molar refractivity (Wildman–Crippen MR) is 56.2 cm³/mol. The fourth-order valence-electron chi connectivity index (χ4n) is 1.19. The second-order valence-electron chi connectivity index (χ2n) is 2.72. The minimum atomic E-state index is -0.338. The topological polar surface area (TPSA) is 17.1 Å². The number of benzene rings is 1. The van der Waals surface area contributed by atoms with Crippen LogP contribution in [0.4, 0.5) is 0 Å². The van der Waals surface area contributed by atoms with E-state index in [0.29, 0.717) is 0 Å². The van der Waals surface area contributed by atoms with Crippen molar-refractivity contribution < 1.29 is 4.79 Å². The van der Waals surface area contributed by atoms with Crippen LogP contribution >= 0.6 is 10.9 Å². The number of thiol groups is 1. The second kappa shape index (κ2) is 3.62. The third-order valence-electron chi connectivity index (χ3n) is 1.83. The number of hydrogen-bond acceptors (Lipinski definition) is 1. The van der Waals surface area contributed by atoms with E-state index in [1.165, 1.54) is 0 Å². The molecule has 0 atom stereocenters. The van der Waals surface area contributed by atoms with Crippen LogP contribution in [-0.2, 0) is 0 Å². The van der Waals surface area contributed by atoms with Gasteiger partial charge in [0.05, 0.1) is 0 Å². The van der Waals surface area contributed by atoms with Crippen molar-refractivity contribution >= 4 is 17.2 Å². The van der Waals surface area contributed by atoms with Crippen molar-refractivity contribution in [2.24, 2.45) is 0 Å². The van der Waals surface area contributed by atoms with Crippen LogP contribution < -0.4 is 0 Å². The monoisotopic (exact) mass is 189 g/mol. The molecule has 65 valence electrons. The van der Waals surface area contributed by atoms with E-state index in [9.17, 15) is 4.79 Å². The van der Waals surface area contributed by atoms with E-state index in [0.717, 1.165) is 16.7 Å². The van der Waals surface area contributed by atoms with E-state index in [1.807, 2.05) is 18.2 Å². The van der Waals surface area contributed by atoms with Crippen molar-refractivity contribution in [2.45, 2.75) is 4.90 Å². The van der Waals surface area contributed by atoms with Crippen LogP contribution in [0.1, 0.15) is 10.4 Å². The second-order valence-corrected chi connectivity index (χ2v) is 4.61. The smallest absolute Gasteiger partial charge is 0.150 e. The van der Waals surface area contributed by atoms with Gasteiger partial charge in [-0.3, -0.25) is 4.79 Å². The summed E-state index contributed by atoms with van der Waals surface area (Å²) >= 11 is 0. The summed E-state index contributed by atoms with van der Waals surface area (Å²) in [6.45, 7) is 0. The Bertz CT molecular complexity index is 367. The lowest BCUT2D eigenvalue weighted by Crippen LogP contribution is -1.81. The molecule has 0 aliphatic carbocycles. The SMILES string of the molecule is O=Cc1cc[c]c([SH]2C=CC=C2)c1. The quantitative estimate of drug-likeness (QED) is 0.559. The van der Waals surface area contributed by atoms with Gasteiger partial charge < -0.3 is 0 Å². The number of rotatable bonds is 2. The first-order valence-electron chi connectivity index (χ1n) is 4.00. The zero-order valence-electron chi connectivity index (χ0n) is 6.97. The average Bonchev–Trinajstić information content (AvgIpc) is 2.71. The molecule has 13 heavy (non-hydrogen) atoms. The summed E-state index contributed by atoms with van der Waals surface area (Å²) in [5.74, 6) is 0. The van der Waals surface area contributed by atoms with E-state index in [2.05, 4.69) is 16.9 Å². The molecule has 1 nitrogen and oxygen atoms in total. The van der Waals surface area contributed by atoms with E-state index in [1.54, 1.807) is 12.1 Å². The standard InChI is InChI=1S/C11H9OS/c12-9-10-4-3-5-11(8-10)13-6-1-2-7-13/h1-4,6-9,13H. The van der Waals surface area contributed by atoms with Gasteiger partial charge in [0.2, 0.25) is 0 Å². The molecule has 1 aromatic rings. The molecule has 0 saturated heterocycles. The van der Waals surface area contributed by atoms with Gasteiger partial charge in [-0.05, 0) is 22.9 Å². The van der Waals surface area contributed by atoms with E-state index < -0.39 is 0 Å². The van der Waals surface area contributed by atoms with Crippen LogP contribution in [-0.4, -0.2) is 6.29 Å². The fourth-order valence-corrected chi connectivity index (χ4v) is 2.70. The molecule has 1 heterocycles. The maximum Gasteiger partial charge on any atom is 0.150 e. The Kier molecular flexibility index (Phi) is 2.32. The summed E-state index contributed by atoms with van der Waals surface area (Å²) in [5, 5.41) is 4.30. The number of allylic oxidation sites excluding steroid dienone is 2. The van der Waals surface area contributed by atoms with Crippen molar-refractivity contribution in [3.8, 4) is 0 Å².